The van der Waals surface area contributed by atoms with Crippen LogP contribution in [-0.2, 0) is 9.59 Å². The highest BCUT2D eigenvalue weighted by atomic mass is 32.1. The van der Waals surface area contributed by atoms with Crippen molar-refractivity contribution in [2.45, 2.75) is 54.4 Å². The number of hydrogen-bond donors (Lipinski definition) is 1. The first-order chi connectivity index (χ1) is 15.5. The SMILES string of the molecule is CC(C)CN(CC(=O)Nc1nnc(-c2ccc3c(c2)OCO3)s1)C(=O)CC(C)CC(C)(C)C. The Morgan fingerprint density at radius 3 is 2.58 bits per heavy atom. The smallest absolute Gasteiger partial charge is 0.245 e. The minimum atomic E-state index is -0.277. The fourth-order valence-corrected chi connectivity index (χ4v) is 4.75. The zero-order valence-corrected chi connectivity index (χ0v) is 21.1. The maximum atomic E-state index is 12.9. The first-order valence-corrected chi connectivity index (χ1v) is 12.1. The van der Waals surface area contributed by atoms with Crippen molar-refractivity contribution in [3.05, 3.63) is 18.2 Å². The zero-order chi connectivity index (χ0) is 24.2. The molecule has 2 amide bonds. The molecule has 180 valence electrons. The second-order valence-corrected chi connectivity index (χ2v) is 11.2. The standard InChI is InChI=1S/C24H34N4O4S/c1-15(2)12-28(21(30)9-16(3)11-24(4,5)6)13-20(29)25-23-27-26-22(33-23)17-7-8-18-19(10-17)32-14-31-18/h7-8,10,15-16H,9,11-14H2,1-6H3,(H,25,27,29). The van der Waals surface area contributed by atoms with E-state index in [1.165, 1.54) is 11.3 Å². The van der Waals surface area contributed by atoms with Crippen molar-refractivity contribution in [3.8, 4) is 22.1 Å². The largest absolute Gasteiger partial charge is 0.454 e. The molecule has 33 heavy (non-hydrogen) atoms. The molecule has 1 aliphatic rings. The van der Waals surface area contributed by atoms with Crippen molar-refractivity contribution >= 4 is 28.3 Å². The molecule has 1 aromatic carbocycles. The van der Waals surface area contributed by atoms with E-state index in [2.05, 4.69) is 43.2 Å². The van der Waals surface area contributed by atoms with E-state index < -0.39 is 0 Å². The predicted molar refractivity (Wildman–Crippen MR) is 129 cm³/mol. The van der Waals surface area contributed by atoms with Crippen LogP contribution in [0.1, 0.15) is 54.4 Å². The summed E-state index contributed by atoms with van der Waals surface area (Å²) >= 11 is 1.27. The van der Waals surface area contributed by atoms with Gasteiger partial charge in [0.2, 0.25) is 23.7 Å². The Labute approximate surface area is 199 Å². The average molecular weight is 475 g/mol. The molecule has 0 saturated heterocycles. The molecule has 1 atom stereocenters. The Balaban J connectivity index is 1.60. The summed E-state index contributed by atoms with van der Waals surface area (Å²) < 4.78 is 10.7. The van der Waals surface area contributed by atoms with Gasteiger partial charge in [-0.25, -0.2) is 0 Å². The van der Waals surface area contributed by atoms with E-state index in [0.29, 0.717) is 34.6 Å². The van der Waals surface area contributed by atoms with Gasteiger partial charge in [0, 0.05) is 18.5 Å². The maximum absolute atomic E-state index is 12.9. The quantitative estimate of drug-likeness (QED) is 0.560. The van der Waals surface area contributed by atoms with Crippen LogP contribution < -0.4 is 14.8 Å². The third-order valence-corrected chi connectivity index (χ3v) is 5.94. The van der Waals surface area contributed by atoms with Crippen molar-refractivity contribution in [3.63, 3.8) is 0 Å². The van der Waals surface area contributed by atoms with Crippen molar-refractivity contribution in [2.75, 3.05) is 25.2 Å². The second kappa shape index (κ2) is 10.5. The normalized spacial score (nSPS) is 13.8. The lowest BCUT2D eigenvalue weighted by atomic mass is 9.84. The maximum Gasteiger partial charge on any atom is 0.245 e. The molecule has 0 spiro atoms. The highest BCUT2D eigenvalue weighted by molar-refractivity contribution is 7.18. The lowest BCUT2D eigenvalue weighted by molar-refractivity contribution is -0.136. The molecule has 0 aliphatic carbocycles. The van der Waals surface area contributed by atoms with E-state index in [4.69, 9.17) is 9.47 Å². The number of anilines is 1. The Morgan fingerprint density at radius 1 is 1.15 bits per heavy atom. The molecule has 0 bridgehead atoms. The van der Waals surface area contributed by atoms with Gasteiger partial charge in [-0.15, -0.1) is 10.2 Å². The number of carbonyl (C=O) groups is 2. The van der Waals surface area contributed by atoms with Crippen molar-refractivity contribution in [2.24, 2.45) is 17.3 Å². The number of carbonyl (C=O) groups excluding carboxylic acids is 2. The summed E-state index contributed by atoms with van der Waals surface area (Å²) in [6, 6.07) is 5.55. The van der Waals surface area contributed by atoms with E-state index in [1.807, 2.05) is 32.0 Å². The highest BCUT2D eigenvalue weighted by Crippen LogP contribution is 2.37. The lowest BCUT2D eigenvalue weighted by Gasteiger charge is -2.27. The number of hydrogen-bond acceptors (Lipinski definition) is 7. The van der Waals surface area contributed by atoms with Gasteiger partial charge in [0.05, 0.1) is 6.54 Å². The summed E-state index contributed by atoms with van der Waals surface area (Å²) in [7, 11) is 0. The summed E-state index contributed by atoms with van der Waals surface area (Å²) in [5, 5.41) is 12.1. The molecule has 9 heteroatoms. The summed E-state index contributed by atoms with van der Waals surface area (Å²) in [5.41, 5.74) is 0.995. The van der Waals surface area contributed by atoms with Crippen LogP contribution in [0.2, 0.25) is 0 Å². The van der Waals surface area contributed by atoms with Gasteiger partial charge in [0.1, 0.15) is 5.01 Å². The molecule has 8 nitrogen and oxygen atoms in total. The predicted octanol–water partition coefficient (Wildman–Crippen LogP) is 4.82. The molecule has 0 saturated carbocycles. The Hall–Kier alpha value is -2.68. The topological polar surface area (TPSA) is 93.7 Å². The summed E-state index contributed by atoms with van der Waals surface area (Å²) in [6.45, 7) is 13.4. The summed E-state index contributed by atoms with van der Waals surface area (Å²) in [4.78, 5) is 27.3. The fraction of sp³-hybridized carbons (Fsp3) is 0.583. The molecule has 2 heterocycles. The van der Waals surface area contributed by atoms with Gasteiger partial charge < -0.3 is 14.4 Å². The summed E-state index contributed by atoms with van der Waals surface area (Å²) in [6.07, 6.45) is 1.39. The third-order valence-electron chi connectivity index (χ3n) is 5.05. The van der Waals surface area contributed by atoms with Gasteiger partial charge in [-0.05, 0) is 41.9 Å². The van der Waals surface area contributed by atoms with Crippen LogP contribution in [-0.4, -0.2) is 46.8 Å². The minimum Gasteiger partial charge on any atom is -0.454 e. The minimum absolute atomic E-state index is 0.00180. The lowest BCUT2D eigenvalue weighted by Crippen LogP contribution is -2.40. The number of rotatable bonds is 9. The Bertz CT molecular complexity index is 983. The van der Waals surface area contributed by atoms with Crippen molar-refractivity contribution in [1.29, 1.82) is 0 Å². The van der Waals surface area contributed by atoms with Crippen LogP contribution in [0.3, 0.4) is 0 Å². The van der Waals surface area contributed by atoms with Gasteiger partial charge in [0.15, 0.2) is 11.5 Å². The first-order valence-electron chi connectivity index (χ1n) is 11.3. The van der Waals surface area contributed by atoms with Crippen LogP contribution in [0.4, 0.5) is 5.13 Å². The molecule has 1 aliphatic heterocycles. The highest BCUT2D eigenvalue weighted by Gasteiger charge is 2.24. The average Bonchev–Trinajstić information content (AvgIpc) is 3.34. The zero-order valence-electron chi connectivity index (χ0n) is 20.3. The molecular formula is C24H34N4O4S. The van der Waals surface area contributed by atoms with E-state index in [1.54, 1.807) is 4.90 Å². The molecular weight excluding hydrogens is 440 g/mol. The van der Waals surface area contributed by atoms with Crippen LogP contribution in [0.15, 0.2) is 18.2 Å². The number of nitrogens with zero attached hydrogens (tertiary/aromatic N) is 3. The number of nitrogens with one attached hydrogen (secondary N) is 1. The molecule has 3 rings (SSSR count). The van der Waals surface area contributed by atoms with Gasteiger partial charge in [-0.3, -0.25) is 14.9 Å². The van der Waals surface area contributed by atoms with Gasteiger partial charge in [0.25, 0.3) is 0 Å². The number of aromatic nitrogens is 2. The van der Waals surface area contributed by atoms with Crippen LogP contribution in [0, 0.1) is 17.3 Å². The molecule has 1 N–H and O–H groups in total. The van der Waals surface area contributed by atoms with Gasteiger partial charge in [-0.1, -0.05) is 52.9 Å². The monoisotopic (exact) mass is 474 g/mol. The number of ether oxygens (including phenoxy) is 2. The molecule has 1 aromatic heterocycles. The number of amides is 2. The van der Waals surface area contributed by atoms with Crippen molar-refractivity contribution in [1.82, 2.24) is 15.1 Å². The second-order valence-electron chi connectivity index (χ2n) is 10.3. The van der Waals surface area contributed by atoms with Crippen LogP contribution >= 0.6 is 11.3 Å². The van der Waals surface area contributed by atoms with Crippen LogP contribution in [0.25, 0.3) is 10.6 Å². The van der Waals surface area contributed by atoms with E-state index in [-0.39, 0.29) is 42.4 Å². The van der Waals surface area contributed by atoms with E-state index >= 15 is 0 Å². The summed E-state index contributed by atoms with van der Waals surface area (Å²) in [5.74, 6) is 1.61. The molecule has 0 fully saturated rings. The van der Waals surface area contributed by atoms with E-state index in [0.717, 1.165) is 12.0 Å². The molecule has 0 radical (unpaired) electrons. The van der Waals surface area contributed by atoms with Crippen LogP contribution in [0.5, 0.6) is 11.5 Å². The Morgan fingerprint density at radius 2 is 1.88 bits per heavy atom. The van der Waals surface area contributed by atoms with Gasteiger partial charge in [-0.2, -0.15) is 0 Å². The molecule has 1 unspecified atom stereocenters. The number of fused-ring (bicyclic) bond motifs is 1. The third kappa shape index (κ3) is 7.42. The first kappa shape index (κ1) is 25.0. The van der Waals surface area contributed by atoms with Crippen molar-refractivity contribution < 1.29 is 19.1 Å². The molecule has 2 aromatic rings. The fourth-order valence-electron chi connectivity index (χ4n) is 3.99. The Kier molecular flexibility index (Phi) is 7.94. The number of benzene rings is 1. The van der Waals surface area contributed by atoms with E-state index in [9.17, 15) is 9.59 Å². The van der Waals surface area contributed by atoms with Gasteiger partial charge >= 0.3 is 0 Å².